The SMILES string of the molecule is COc1ccc([N+](=O)[O-])cc1NC(=O)N[C@@H](C(=O)Cc1ccc(C)c(C)c1)c1ccccc1. The van der Waals surface area contributed by atoms with Gasteiger partial charge in [-0.05, 0) is 42.2 Å². The topological polar surface area (TPSA) is 111 Å². The van der Waals surface area contributed by atoms with Gasteiger partial charge in [-0.25, -0.2) is 4.79 Å². The second-order valence-electron chi connectivity index (χ2n) is 7.65. The maximum Gasteiger partial charge on any atom is 0.320 e. The minimum atomic E-state index is -0.905. The molecule has 170 valence electrons. The predicted octanol–water partition coefficient (Wildman–Crippen LogP) is 4.89. The number of carbonyl (C=O) groups is 2. The molecule has 0 saturated heterocycles. The molecular formula is C25H25N3O5. The number of benzene rings is 3. The average Bonchev–Trinajstić information content (AvgIpc) is 2.80. The van der Waals surface area contributed by atoms with E-state index in [1.54, 1.807) is 24.3 Å². The van der Waals surface area contributed by atoms with Gasteiger partial charge in [0.15, 0.2) is 5.78 Å². The van der Waals surface area contributed by atoms with E-state index in [2.05, 4.69) is 10.6 Å². The van der Waals surface area contributed by atoms with Crippen LogP contribution in [-0.4, -0.2) is 23.8 Å². The number of non-ortho nitro benzene ring substituents is 1. The highest BCUT2D eigenvalue weighted by Crippen LogP contribution is 2.29. The summed E-state index contributed by atoms with van der Waals surface area (Å²) in [5.41, 5.74) is 3.63. The van der Waals surface area contributed by atoms with Gasteiger partial charge in [0.2, 0.25) is 0 Å². The third-order valence-electron chi connectivity index (χ3n) is 5.32. The van der Waals surface area contributed by atoms with Gasteiger partial charge in [0.25, 0.3) is 5.69 Å². The van der Waals surface area contributed by atoms with Crippen molar-refractivity contribution in [1.82, 2.24) is 5.32 Å². The fourth-order valence-electron chi connectivity index (χ4n) is 3.41. The van der Waals surface area contributed by atoms with Gasteiger partial charge >= 0.3 is 6.03 Å². The molecular weight excluding hydrogens is 422 g/mol. The van der Waals surface area contributed by atoms with E-state index in [0.717, 1.165) is 16.7 Å². The molecule has 0 bridgehead atoms. The number of Topliss-reactive ketones (excluding diaryl/α,β-unsaturated/α-hetero) is 1. The quantitative estimate of drug-likeness (QED) is 0.377. The van der Waals surface area contributed by atoms with E-state index in [0.29, 0.717) is 5.56 Å². The normalized spacial score (nSPS) is 11.4. The van der Waals surface area contributed by atoms with E-state index < -0.39 is 17.0 Å². The van der Waals surface area contributed by atoms with Gasteiger partial charge in [-0.2, -0.15) is 0 Å². The smallest absolute Gasteiger partial charge is 0.320 e. The molecule has 1 atom stereocenters. The van der Waals surface area contributed by atoms with Crippen molar-refractivity contribution >= 4 is 23.2 Å². The number of methoxy groups -OCH3 is 1. The van der Waals surface area contributed by atoms with Crippen LogP contribution in [0.3, 0.4) is 0 Å². The zero-order valence-electron chi connectivity index (χ0n) is 18.6. The molecule has 0 heterocycles. The fraction of sp³-hybridized carbons (Fsp3) is 0.200. The molecule has 2 amide bonds. The number of urea groups is 1. The van der Waals surface area contributed by atoms with Gasteiger partial charge in [-0.1, -0.05) is 48.5 Å². The molecule has 8 heteroatoms. The van der Waals surface area contributed by atoms with Crippen LogP contribution in [0.4, 0.5) is 16.2 Å². The lowest BCUT2D eigenvalue weighted by Crippen LogP contribution is -2.37. The van der Waals surface area contributed by atoms with E-state index in [1.165, 1.54) is 25.3 Å². The molecule has 8 nitrogen and oxygen atoms in total. The van der Waals surface area contributed by atoms with Crippen LogP contribution in [0.15, 0.2) is 66.7 Å². The van der Waals surface area contributed by atoms with Crippen LogP contribution in [0.1, 0.15) is 28.3 Å². The van der Waals surface area contributed by atoms with Crippen molar-refractivity contribution in [3.05, 3.63) is 99.1 Å². The number of rotatable bonds is 8. The minimum Gasteiger partial charge on any atom is -0.495 e. The number of nitro groups is 1. The number of amides is 2. The zero-order valence-corrected chi connectivity index (χ0v) is 18.6. The Kier molecular flexibility index (Phi) is 7.40. The van der Waals surface area contributed by atoms with Crippen molar-refractivity contribution in [2.24, 2.45) is 0 Å². The van der Waals surface area contributed by atoms with Crippen LogP contribution < -0.4 is 15.4 Å². The van der Waals surface area contributed by atoms with E-state index in [-0.39, 0.29) is 29.3 Å². The molecule has 0 saturated carbocycles. The van der Waals surface area contributed by atoms with Gasteiger partial charge in [0.05, 0.1) is 17.7 Å². The van der Waals surface area contributed by atoms with Gasteiger partial charge < -0.3 is 15.4 Å². The van der Waals surface area contributed by atoms with Crippen LogP contribution in [-0.2, 0) is 11.2 Å². The van der Waals surface area contributed by atoms with Crippen molar-refractivity contribution < 1.29 is 19.2 Å². The van der Waals surface area contributed by atoms with E-state index in [9.17, 15) is 19.7 Å². The van der Waals surface area contributed by atoms with Crippen molar-refractivity contribution in [2.75, 3.05) is 12.4 Å². The monoisotopic (exact) mass is 447 g/mol. The van der Waals surface area contributed by atoms with E-state index >= 15 is 0 Å². The Morgan fingerprint density at radius 1 is 1.00 bits per heavy atom. The number of ether oxygens (including phenoxy) is 1. The molecule has 0 unspecified atom stereocenters. The molecule has 2 N–H and O–H groups in total. The number of nitrogens with zero attached hydrogens (tertiary/aromatic N) is 1. The number of nitrogens with one attached hydrogen (secondary N) is 2. The average molecular weight is 447 g/mol. The first-order chi connectivity index (χ1) is 15.8. The molecule has 0 aliphatic heterocycles. The molecule has 3 aromatic rings. The molecule has 33 heavy (non-hydrogen) atoms. The Labute approximate surface area is 191 Å². The molecule has 0 aliphatic carbocycles. The lowest BCUT2D eigenvalue weighted by atomic mass is 9.96. The first-order valence-electron chi connectivity index (χ1n) is 10.3. The minimum absolute atomic E-state index is 0.123. The maximum absolute atomic E-state index is 13.2. The second-order valence-corrected chi connectivity index (χ2v) is 7.65. The van der Waals surface area contributed by atoms with Crippen molar-refractivity contribution in [3.63, 3.8) is 0 Å². The lowest BCUT2D eigenvalue weighted by molar-refractivity contribution is -0.384. The van der Waals surface area contributed by atoms with Crippen molar-refractivity contribution in [1.29, 1.82) is 0 Å². The number of carbonyl (C=O) groups excluding carboxylic acids is 2. The summed E-state index contributed by atoms with van der Waals surface area (Å²) >= 11 is 0. The number of anilines is 1. The van der Waals surface area contributed by atoms with Crippen LogP contribution >= 0.6 is 0 Å². The molecule has 0 spiro atoms. The number of hydrogen-bond donors (Lipinski definition) is 2. The summed E-state index contributed by atoms with van der Waals surface area (Å²) in [5.74, 6) is 0.0686. The number of ketones is 1. The highest BCUT2D eigenvalue weighted by molar-refractivity contribution is 5.96. The number of aryl methyl sites for hydroxylation is 2. The summed E-state index contributed by atoms with van der Waals surface area (Å²) < 4.78 is 5.19. The lowest BCUT2D eigenvalue weighted by Gasteiger charge is -2.19. The molecule has 0 fully saturated rings. The Morgan fingerprint density at radius 3 is 2.36 bits per heavy atom. The molecule has 0 aliphatic rings. The van der Waals surface area contributed by atoms with Crippen molar-refractivity contribution in [3.8, 4) is 5.75 Å². The van der Waals surface area contributed by atoms with Crippen LogP contribution in [0, 0.1) is 24.0 Å². The standard InChI is InChI=1S/C25H25N3O5/c1-16-9-10-18(13-17(16)2)14-22(29)24(19-7-5-4-6-8-19)27-25(30)26-21-15-20(28(31)32)11-12-23(21)33-3/h4-13,15,24H,14H2,1-3H3,(H2,26,27,30)/t24-/m1/s1. The largest absolute Gasteiger partial charge is 0.495 e. The Hall–Kier alpha value is -4.20. The van der Waals surface area contributed by atoms with Gasteiger partial charge in [0.1, 0.15) is 11.8 Å². The summed E-state index contributed by atoms with van der Waals surface area (Å²) in [5, 5.41) is 16.4. The summed E-state index contributed by atoms with van der Waals surface area (Å²) in [6.07, 6.45) is 0.140. The van der Waals surface area contributed by atoms with Gasteiger partial charge in [-0.3, -0.25) is 14.9 Å². The molecule has 3 aromatic carbocycles. The number of hydrogen-bond acceptors (Lipinski definition) is 5. The predicted molar refractivity (Wildman–Crippen MR) is 126 cm³/mol. The maximum atomic E-state index is 13.2. The Balaban J connectivity index is 1.83. The van der Waals surface area contributed by atoms with Crippen LogP contribution in [0.5, 0.6) is 5.75 Å². The van der Waals surface area contributed by atoms with Gasteiger partial charge in [-0.15, -0.1) is 0 Å². The van der Waals surface area contributed by atoms with Crippen molar-refractivity contribution in [2.45, 2.75) is 26.3 Å². The summed E-state index contributed by atoms with van der Waals surface area (Å²) in [4.78, 5) is 36.5. The summed E-state index contributed by atoms with van der Waals surface area (Å²) in [7, 11) is 1.39. The Bertz CT molecular complexity index is 1180. The first kappa shape index (κ1) is 23.5. The number of nitro benzene ring substituents is 1. The zero-order chi connectivity index (χ0) is 24.0. The van der Waals surface area contributed by atoms with E-state index in [4.69, 9.17) is 4.74 Å². The highest BCUT2D eigenvalue weighted by atomic mass is 16.6. The fourth-order valence-corrected chi connectivity index (χ4v) is 3.41. The molecule has 3 rings (SSSR count). The Morgan fingerprint density at radius 2 is 1.73 bits per heavy atom. The molecule has 0 aromatic heterocycles. The van der Waals surface area contributed by atoms with Gasteiger partial charge in [0, 0.05) is 18.6 Å². The first-order valence-corrected chi connectivity index (χ1v) is 10.3. The van der Waals surface area contributed by atoms with E-state index in [1.807, 2.05) is 38.1 Å². The third kappa shape index (κ3) is 5.94. The molecule has 0 radical (unpaired) electrons. The second kappa shape index (κ2) is 10.4. The highest BCUT2D eigenvalue weighted by Gasteiger charge is 2.24. The van der Waals surface area contributed by atoms with Crippen LogP contribution in [0.25, 0.3) is 0 Å². The summed E-state index contributed by atoms with van der Waals surface area (Å²) in [6, 6.07) is 17.0. The van der Waals surface area contributed by atoms with Crippen LogP contribution in [0.2, 0.25) is 0 Å². The third-order valence-corrected chi connectivity index (χ3v) is 5.32. The summed E-state index contributed by atoms with van der Waals surface area (Å²) in [6.45, 7) is 3.98.